The minimum absolute atomic E-state index is 0.0229. The molecule has 6 heteroatoms. The standard InChI is InChI=1S/C24H42O6/c1-2-3-8-11-18-14-15-19(12-9-6-4-5-7-10-13-22(25)26)21(17-24(29)30)20(18)16-23(27)28/h18-21H,2-17H2,1H3,(H,25,26)(H,27,28)(H,29,30). The highest BCUT2D eigenvalue weighted by molar-refractivity contribution is 5.69. The zero-order chi connectivity index (χ0) is 22.4. The van der Waals surface area contributed by atoms with Crippen LogP contribution in [0.25, 0.3) is 0 Å². The van der Waals surface area contributed by atoms with Gasteiger partial charge in [-0.2, -0.15) is 0 Å². The molecule has 174 valence electrons. The molecule has 3 N–H and O–H groups in total. The van der Waals surface area contributed by atoms with E-state index in [9.17, 15) is 24.6 Å². The zero-order valence-corrected chi connectivity index (χ0v) is 18.7. The Morgan fingerprint density at radius 1 is 0.633 bits per heavy atom. The lowest BCUT2D eigenvalue weighted by molar-refractivity contribution is -0.144. The minimum atomic E-state index is -0.812. The molecule has 1 saturated carbocycles. The van der Waals surface area contributed by atoms with E-state index in [2.05, 4.69) is 6.92 Å². The fourth-order valence-corrected chi connectivity index (χ4v) is 5.36. The van der Waals surface area contributed by atoms with Crippen molar-refractivity contribution in [1.82, 2.24) is 0 Å². The van der Waals surface area contributed by atoms with Crippen molar-refractivity contribution in [3.8, 4) is 0 Å². The lowest BCUT2D eigenvalue weighted by Gasteiger charge is -2.43. The SMILES string of the molecule is CCCCCC1CCC(CCCCCCCCC(=O)O)C(CC(=O)O)C1CC(=O)O. The lowest BCUT2D eigenvalue weighted by Crippen LogP contribution is -2.37. The van der Waals surface area contributed by atoms with E-state index in [1.54, 1.807) is 0 Å². The third-order valence-corrected chi connectivity index (χ3v) is 6.88. The Morgan fingerprint density at radius 2 is 1.07 bits per heavy atom. The van der Waals surface area contributed by atoms with Gasteiger partial charge in [0.05, 0.1) is 0 Å². The Labute approximate surface area is 181 Å². The highest BCUT2D eigenvalue weighted by Gasteiger charge is 2.40. The summed E-state index contributed by atoms with van der Waals surface area (Å²) < 4.78 is 0. The van der Waals surface area contributed by atoms with Gasteiger partial charge in [0.25, 0.3) is 0 Å². The monoisotopic (exact) mass is 426 g/mol. The summed E-state index contributed by atoms with van der Waals surface area (Å²) in [7, 11) is 0. The zero-order valence-electron chi connectivity index (χ0n) is 18.7. The molecule has 0 aromatic heterocycles. The van der Waals surface area contributed by atoms with Crippen LogP contribution in [0.1, 0.15) is 110 Å². The maximum absolute atomic E-state index is 11.5. The summed E-state index contributed by atoms with van der Waals surface area (Å²) in [5.41, 5.74) is 0. The number of hydrogen-bond donors (Lipinski definition) is 3. The van der Waals surface area contributed by atoms with Gasteiger partial charge in [0.1, 0.15) is 0 Å². The molecule has 1 rings (SSSR count). The summed E-state index contributed by atoms with van der Waals surface area (Å²) in [6, 6.07) is 0. The quantitative estimate of drug-likeness (QED) is 0.247. The highest BCUT2D eigenvalue weighted by atomic mass is 16.4. The summed E-state index contributed by atoms with van der Waals surface area (Å²) in [5, 5.41) is 27.6. The Kier molecular flexibility index (Phi) is 13.4. The van der Waals surface area contributed by atoms with Crippen LogP contribution in [0.5, 0.6) is 0 Å². The van der Waals surface area contributed by atoms with Gasteiger partial charge >= 0.3 is 17.9 Å². The van der Waals surface area contributed by atoms with Crippen molar-refractivity contribution in [2.24, 2.45) is 23.7 Å². The molecule has 0 aromatic carbocycles. The summed E-state index contributed by atoms with van der Waals surface area (Å²) in [4.78, 5) is 33.6. The van der Waals surface area contributed by atoms with Gasteiger partial charge in [-0.15, -0.1) is 0 Å². The molecule has 0 saturated heterocycles. The first-order valence-electron chi connectivity index (χ1n) is 12.0. The maximum Gasteiger partial charge on any atom is 0.303 e. The maximum atomic E-state index is 11.5. The Balaban J connectivity index is 2.56. The van der Waals surface area contributed by atoms with Crippen molar-refractivity contribution in [2.45, 2.75) is 110 Å². The number of rotatable bonds is 17. The molecule has 0 heterocycles. The van der Waals surface area contributed by atoms with Crippen LogP contribution in [0.4, 0.5) is 0 Å². The molecule has 30 heavy (non-hydrogen) atoms. The van der Waals surface area contributed by atoms with Crippen molar-refractivity contribution in [3.63, 3.8) is 0 Å². The molecular formula is C24H42O6. The van der Waals surface area contributed by atoms with E-state index in [0.29, 0.717) is 11.8 Å². The molecule has 4 unspecified atom stereocenters. The molecule has 6 nitrogen and oxygen atoms in total. The van der Waals surface area contributed by atoms with Crippen LogP contribution in [-0.2, 0) is 14.4 Å². The smallest absolute Gasteiger partial charge is 0.303 e. The van der Waals surface area contributed by atoms with Gasteiger partial charge < -0.3 is 15.3 Å². The van der Waals surface area contributed by atoms with Gasteiger partial charge in [0.2, 0.25) is 0 Å². The average Bonchev–Trinajstić information content (AvgIpc) is 2.66. The average molecular weight is 427 g/mol. The van der Waals surface area contributed by atoms with Crippen molar-refractivity contribution in [3.05, 3.63) is 0 Å². The molecule has 1 aliphatic carbocycles. The molecule has 0 spiro atoms. The number of carbonyl (C=O) groups is 3. The minimum Gasteiger partial charge on any atom is -0.481 e. The predicted molar refractivity (Wildman–Crippen MR) is 116 cm³/mol. The molecule has 0 bridgehead atoms. The fourth-order valence-electron chi connectivity index (χ4n) is 5.36. The second kappa shape index (κ2) is 15.2. The van der Waals surface area contributed by atoms with Gasteiger partial charge in [-0.1, -0.05) is 71.1 Å². The molecule has 1 fully saturated rings. The van der Waals surface area contributed by atoms with Crippen LogP contribution < -0.4 is 0 Å². The van der Waals surface area contributed by atoms with Crippen LogP contribution in [-0.4, -0.2) is 33.2 Å². The molecule has 0 aromatic rings. The number of aliphatic carboxylic acids is 3. The molecule has 1 aliphatic rings. The first-order chi connectivity index (χ1) is 14.3. The summed E-state index contributed by atoms with van der Waals surface area (Å²) >= 11 is 0. The molecule has 0 aliphatic heterocycles. The van der Waals surface area contributed by atoms with E-state index in [1.165, 1.54) is 0 Å². The van der Waals surface area contributed by atoms with E-state index in [-0.39, 0.29) is 31.1 Å². The fraction of sp³-hybridized carbons (Fsp3) is 0.875. The first kappa shape index (κ1) is 26.4. The molecule has 0 radical (unpaired) electrons. The van der Waals surface area contributed by atoms with Gasteiger partial charge in [0, 0.05) is 19.3 Å². The summed E-state index contributed by atoms with van der Waals surface area (Å²) in [6.07, 6.45) is 13.7. The Bertz CT molecular complexity index is 518. The second-order valence-electron chi connectivity index (χ2n) is 9.17. The number of carboxylic acids is 3. The van der Waals surface area contributed by atoms with Crippen LogP contribution in [0, 0.1) is 23.7 Å². The van der Waals surface area contributed by atoms with Crippen LogP contribution >= 0.6 is 0 Å². The molecular weight excluding hydrogens is 384 g/mol. The first-order valence-corrected chi connectivity index (χ1v) is 12.0. The number of hydrogen-bond acceptors (Lipinski definition) is 3. The van der Waals surface area contributed by atoms with Crippen LogP contribution in [0.2, 0.25) is 0 Å². The van der Waals surface area contributed by atoms with E-state index in [4.69, 9.17) is 5.11 Å². The van der Waals surface area contributed by atoms with E-state index in [1.807, 2.05) is 0 Å². The number of unbranched alkanes of at least 4 members (excludes halogenated alkanes) is 7. The molecule has 4 atom stereocenters. The van der Waals surface area contributed by atoms with E-state index < -0.39 is 17.9 Å². The Morgan fingerprint density at radius 3 is 1.50 bits per heavy atom. The van der Waals surface area contributed by atoms with Gasteiger partial charge in [-0.3, -0.25) is 14.4 Å². The number of carboxylic acid groups (broad SMARTS) is 3. The van der Waals surface area contributed by atoms with Gasteiger partial charge in [-0.25, -0.2) is 0 Å². The van der Waals surface area contributed by atoms with Crippen LogP contribution in [0.15, 0.2) is 0 Å². The summed E-state index contributed by atoms with van der Waals surface area (Å²) in [5.74, 6) is -1.77. The van der Waals surface area contributed by atoms with Crippen molar-refractivity contribution >= 4 is 17.9 Å². The van der Waals surface area contributed by atoms with Gasteiger partial charge in [-0.05, 0) is 42.9 Å². The normalized spacial score (nSPS) is 23.9. The Hall–Kier alpha value is -1.59. The van der Waals surface area contributed by atoms with Crippen LogP contribution in [0.3, 0.4) is 0 Å². The summed E-state index contributed by atoms with van der Waals surface area (Å²) in [6.45, 7) is 2.16. The second-order valence-corrected chi connectivity index (χ2v) is 9.17. The third kappa shape index (κ3) is 11.0. The van der Waals surface area contributed by atoms with Crippen molar-refractivity contribution in [1.29, 1.82) is 0 Å². The van der Waals surface area contributed by atoms with E-state index >= 15 is 0 Å². The largest absolute Gasteiger partial charge is 0.481 e. The lowest BCUT2D eigenvalue weighted by atomic mass is 9.62. The van der Waals surface area contributed by atoms with E-state index in [0.717, 1.165) is 83.5 Å². The topological polar surface area (TPSA) is 112 Å². The molecule has 0 amide bonds. The predicted octanol–water partition coefficient (Wildman–Crippen LogP) is 5.98. The van der Waals surface area contributed by atoms with Crippen molar-refractivity contribution in [2.75, 3.05) is 0 Å². The third-order valence-electron chi connectivity index (χ3n) is 6.88. The highest BCUT2D eigenvalue weighted by Crippen LogP contribution is 2.46. The van der Waals surface area contributed by atoms with Gasteiger partial charge in [0.15, 0.2) is 0 Å². The van der Waals surface area contributed by atoms with Crippen molar-refractivity contribution < 1.29 is 29.7 Å².